The van der Waals surface area contributed by atoms with Crippen LogP contribution in [0.1, 0.15) is 101 Å². The van der Waals surface area contributed by atoms with Crippen molar-refractivity contribution in [2.75, 3.05) is 0 Å². The summed E-state index contributed by atoms with van der Waals surface area (Å²) >= 11 is 0. The average Bonchev–Trinajstić information content (AvgIpc) is 3.25. The molecule has 0 aliphatic heterocycles. The van der Waals surface area contributed by atoms with Crippen molar-refractivity contribution in [3.05, 3.63) is 48.6 Å². The molecule has 2 aromatic heterocycles. The molecule has 2 aromatic rings. The summed E-state index contributed by atoms with van der Waals surface area (Å²) in [6, 6.07) is 5.57. The number of ketones is 1. The smallest absolute Gasteiger partial charge is 0.263 e. The van der Waals surface area contributed by atoms with Crippen LogP contribution in [0, 0.1) is 0 Å². The second-order valence-electron chi connectivity index (χ2n) is 7.65. The van der Waals surface area contributed by atoms with Crippen molar-refractivity contribution in [3.63, 3.8) is 0 Å². The van der Waals surface area contributed by atoms with Crippen LogP contribution in [-0.2, 0) is 0 Å². The van der Waals surface area contributed by atoms with Crippen molar-refractivity contribution in [2.45, 2.75) is 90.4 Å². The highest BCUT2D eigenvalue weighted by Crippen LogP contribution is 2.19. The molecule has 0 unspecified atom stereocenters. The van der Waals surface area contributed by atoms with E-state index in [0.29, 0.717) is 17.9 Å². The summed E-state index contributed by atoms with van der Waals surface area (Å²) in [5, 5.41) is 0. The van der Waals surface area contributed by atoms with Gasteiger partial charge >= 0.3 is 0 Å². The van der Waals surface area contributed by atoms with Crippen molar-refractivity contribution in [1.82, 2.24) is 9.97 Å². The quantitative estimate of drug-likeness (QED) is 0.167. The normalized spacial score (nSPS) is 11.3. The van der Waals surface area contributed by atoms with Gasteiger partial charge in [0, 0.05) is 12.6 Å². The van der Waals surface area contributed by atoms with Gasteiger partial charge in [-0.15, -0.1) is 0 Å². The van der Waals surface area contributed by atoms with Crippen LogP contribution in [0.25, 0.3) is 11.5 Å². The maximum atomic E-state index is 12.2. The van der Waals surface area contributed by atoms with Gasteiger partial charge in [0.15, 0.2) is 5.76 Å². The molecule has 0 amide bonds. The van der Waals surface area contributed by atoms with Gasteiger partial charge in [0.1, 0.15) is 5.69 Å². The fraction of sp³-hybridized carbons (Fsp3) is 0.560. The van der Waals surface area contributed by atoms with Crippen LogP contribution in [0.15, 0.2) is 47.2 Å². The molecule has 0 aromatic carbocycles. The third-order valence-electron chi connectivity index (χ3n) is 5.08. The molecule has 4 heteroatoms. The lowest BCUT2D eigenvalue weighted by molar-refractivity contribution is 0.0946. The van der Waals surface area contributed by atoms with Gasteiger partial charge in [0.2, 0.25) is 5.78 Å². The summed E-state index contributed by atoms with van der Waals surface area (Å²) in [5.41, 5.74) is 0.698. The lowest BCUT2D eigenvalue weighted by atomic mass is 10.1. The number of hydrogen-bond acceptors (Lipinski definition) is 4. The average molecular weight is 397 g/mol. The van der Waals surface area contributed by atoms with E-state index in [9.17, 15) is 4.79 Å². The number of pyridine rings is 1. The van der Waals surface area contributed by atoms with Crippen molar-refractivity contribution in [1.29, 1.82) is 0 Å². The minimum absolute atomic E-state index is 0.0222. The molecule has 2 rings (SSSR count). The van der Waals surface area contributed by atoms with Gasteiger partial charge in [-0.25, -0.2) is 4.98 Å². The summed E-state index contributed by atoms with van der Waals surface area (Å²) < 4.78 is 5.57. The highest BCUT2D eigenvalue weighted by Gasteiger charge is 2.14. The molecule has 0 saturated carbocycles. The molecular formula is C25H36N2O2. The van der Waals surface area contributed by atoms with Gasteiger partial charge < -0.3 is 4.42 Å². The van der Waals surface area contributed by atoms with Gasteiger partial charge in [-0.3, -0.25) is 9.78 Å². The Morgan fingerprint density at radius 3 is 2.28 bits per heavy atom. The molecule has 0 spiro atoms. The summed E-state index contributed by atoms with van der Waals surface area (Å²) in [6.07, 6.45) is 23.3. The van der Waals surface area contributed by atoms with Crippen LogP contribution in [-0.4, -0.2) is 15.8 Å². The van der Waals surface area contributed by atoms with E-state index < -0.39 is 0 Å². The maximum Gasteiger partial charge on any atom is 0.263 e. The largest absolute Gasteiger partial charge is 0.432 e. The van der Waals surface area contributed by atoms with Gasteiger partial charge in [-0.1, -0.05) is 70.1 Å². The number of allylic oxidation sites excluding steroid dienone is 2. The summed E-state index contributed by atoms with van der Waals surface area (Å²) in [7, 11) is 0. The van der Waals surface area contributed by atoms with Crippen LogP contribution >= 0.6 is 0 Å². The van der Waals surface area contributed by atoms with Crippen molar-refractivity contribution in [2.24, 2.45) is 0 Å². The minimum atomic E-state index is -0.0222. The number of nitrogens with zero attached hydrogens (tertiary/aromatic N) is 2. The lowest BCUT2D eigenvalue weighted by Crippen LogP contribution is -1.98. The van der Waals surface area contributed by atoms with E-state index in [0.717, 1.165) is 19.3 Å². The second kappa shape index (κ2) is 14.7. The molecule has 0 aliphatic carbocycles. The van der Waals surface area contributed by atoms with E-state index in [1.54, 1.807) is 12.4 Å². The van der Waals surface area contributed by atoms with E-state index >= 15 is 0 Å². The van der Waals surface area contributed by atoms with Crippen LogP contribution in [0.4, 0.5) is 0 Å². The predicted molar refractivity (Wildman–Crippen MR) is 119 cm³/mol. The van der Waals surface area contributed by atoms with Crippen LogP contribution in [0.3, 0.4) is 0 Å². The Hall–Kier alpha value is -2.23. The zero-order valence-electron chi connectivity index (χ0n) is 17.9. The molecule has 0 atom stereocenters. The first-order valence-electron chi connectivity index (χ1n) is 11.4. The molecule has 29 heavy (non-hydrogen) atoms. The first-order valence-corrected chi connectivity index (χ1v) is 11.4. The molecule has 4 nitrogen and oxygen atoms in total. The Kier molecular flexibility index (Phi) is 11.7. The van der Waals surface area contributed by atoms with Crippen LogP contribution in [0.2, 0.25) is 0 Å². The second-order valence-corrected chi connectivity index (χ2v) is 7.65. The van der Waals surface area contributed by atoms with Crippen LogP contribution < -0.4 is 0 Å². The number of aromatic nitrogens is 2. The number of carbonyl (C=O) groups excluding carboxylic acids is 1. The SMILES string of the molecule is CCCCCCCC/C=C\CCCCCCC(=O)c1ncc(-c2ccccn2)o1. The fourth-order valence-corrected chi connectivity index (χ4v) is 3.32. The first-order chi connectivity index (χ1) is 14.3. The standard InChI is InChI=1S/C25H36N2O2/c1-2-3-4-5-6-7-8-9-10-11-12-13-14-15-19-23(28)25-27-21-24(29-25)22-18-16-17-20-26-22/h9-10,16-18,20-21H,2-8,11-15,19H2,1H3/b10-9-. The van der Waals surface area contributed by atoms with Gasteiger partial charge in [-0.2, -0.15) is 0 Å². The Morgan fingerprint density at radius 2 is 1.59 bits per heavy atom. The van der Waals surface area contributed by atoms with E-state index in [1.807, 2.05) is 18.2 Å². The Morgan fingerprint density at radius 1 is 0.897 bits per heavy atom. The van der Waals surface area contributed by atoms with Gasteiger partial charge in [0.25, 0.3) is 5.89 Å². The molecule has 0 saturated heterocycles. The minimum Gasteiger partial charge on any atom is -0.432 e. The number of carbonyl (C=O) groups is 1. The third kappa shape index (κ3) is 9.69. The molecule has 0 aliphatic rings. The van der Waals surface area contributed by atoms with E-state index in [1.165, 1.54) is 57.8 Å². The molecule has 2 heterocycles. The molecule has 0 fully saturated rings. The molecule has 158 valence electrons. The molecule has 0 bridgehead atoms. The third-order valence-corrected chi connectivity index (χ3v) is 5.08. The van der Waals surface area contributed by atoms with Gasteiger partial charge in [-0.05, 0) is 44.2 Å². The highest BCUT2D eigenvalue weighted by molar-refractivity contribution is 5.91. The number of oxazole rings is 1. The molecule has 0 N–H and O–H groups in total. The Labute approximate surface area is 175 Å². The van der Waals surface area contributed by atoms with E-state index in [-0.39, 0.29) is 11.7 Å². The summed E-state index contributed by atoms with van der Waals surface area (Å²) in [4.78, 5) is 20.5. The van der Waals surface area contributed by atoms with E-state index in [2.05, 4.69) is 29.0 Å². The number of unbranched alkanes of at least 4 members (excludes halogenated alkanes) is 10. The zero-order chi connectivity index (χ0) is 20.6. The van der Waals surface area contributed by atoms with Crippen molar-refractivity contribution < 1.29 is 9.21 Å². The van der Waals surface area contributed by atoms with Crippen LogP contribution in [0.5, 0.6) is 0 Å². The molecular weight excluding hydrogens is 360 g/mol. The fourth-order valence-electron chi connectivity index (χ4n) is 3.32. The summed E-state index contributed by atoms with van der Waals surface area (Å²) in [5.74, 6) is 0.719. The number of rotatable bonds is 16. The van der Waals surface area contributed by atoms with Gasteiger partial charge in [0.05, 0.1) is 6.20 Å². The number of hydrogen-bond donors (Lipinski definition) is 0. The Bertz CT molecular complexity index is 707. The monoisotopic (exact) mass is 396 g/mol. The van der Waals surface area contributed by atoms with Crippen molar-refractivity contribution in [3.8, 4) is 11.5 Å². The summed E-state index contributed by atoms with van der Waals surface area (Å²) in [6.45, 7) is 2.26. The lowest BCUT2D eigenvalue weighted by Gasteiger charge is -1.99. The number of Topliss-reactive ketones (excluding diaryl/α,β-unsaturated/α-hetero) is 1. The molecule has 0 radical (unpaired) electrons. The van der Waals surface area contributed by atoms with Crippen molar-refractivity contribution >= 4 is 5.78 Å². The Balaban J connectivity index is 1.48. The zero-order valence-corrected chi connectivity index (χ0v) is 17.9. The topological polar surface area (TPSA) is 56.0 Å². The maximum absolute atomic E-state index is 12.2. The predicted octanol–water partition coefficient (Wildman–Crippen LogP) is 7.57. The first kappa shape index (κ1) is 23.1. The highest BCUT2D eigenvalue weighted by atomic mass is 16.4. The van der Waals surface area contributed by atoms with E-state index in [4.69, 9.17) is 4.42 Å².